The Bertz CT molecular complexity index is 1040. The summed E-state index contributed by atoms with van der Waals surface area (Å²) < 4.78 is 5.79. The molecule has 28 heavy (non-hydrogen) atoms. The SMILES string of the molecule is CCOc1cc2c3c(c1)C(=Nc1cc(C)cc(C)c1)C(=O)N3C(C)(C)C=C2C. The summed E-state index contributed by atoms with van der Waals surface area (Å²) in [5.74, 6) is 0.712. The molecule has 0 aliphatic carbocycles. The molecule has 4 rings (SSSR count). The Labute approximate surface area is 166 Å². The normalized spacial score (nSPS) is 18.4. The third-order valence-corrected chi connectivity index (χ3v) is 5.30. The maximum absolute atomic E-state index is 13.5. The molecule has 0 fully saturated rings. The highest BCUT2D eigenvalue weighted by Crippen LogP contribution is 2.47. The number of hydrogen-bond acceptors (Lipinski definition) is 3. The first kappa shape index (κ1) is 18.5. The van der Waals surface area contributed by atoms with Crippen LogP contribution < -0.4 is 9.64 Å². The standard InChI is InChI=1S/C24H26N2O2/c1-7-28-18-11-19-16(4)13-24(5,6)26-22(19)20(12-18)21(23(26)27)25-17-9-14(2)8-15(3)10-17/h8-13H,7H2,1-6H3. The van der Waals surface area contributed by atoms with Crippen LogP contribution in [0.3, 0.4) is 0 Å². The minimum atomic E-state index is -0.407. The van der Waals surface area contributed by atoms with Crippen molar-refractivity contribution in [2.45, 2.75) is 47.1 Å². The summed E-state index contributed by atoms with van der Waals surface area (Å²) in [6.07, 6.45) is 2.15. The number of anilines is 1. The van der Waals surface area contributed by atoms with E-state index in [0.29, 0.717) is 12.3 Å². The maximum atomic E-state index is 13.5. The Balaban J connectivity index is 1.98. The van der Waals surface area contributed by atoms with Gasteiger partial charge < -0.3 is 4.74 Å². The fraction of sp³-hybridized carbons (Fsp3) is 0.333. The van der Waals surface area contributed by atoms with Gasteiger partial charge in [-0.25, -0.2) is 4.99 Å². The second-order valence-corrected chi connectivity index (χ2v) is 8.23. The molecule has 4 nitrogen and oxygen atoms in total. The number of hydrogen-bond donors (Lipinski definition) is 0. The highest BCUT2D eigenvalue weighted by atomic mass is 16.5. The molecule has 2 aliphatic heterocycles. The Hall–Kier alpha value is -2.88. The highest BCUT2D eigenvalue weighted by Gasteiger charge is 2.45. The number of nitrogens with zero attached hydrogens (tertiary/aromatic N) is 2. The Morgan fingerprint density at radius 3 is 2.29 bits per heavy atom. The van der Waals surface area contributed by atoms with Crippen LogP contribution in [-0.4, -0.2) is 23.8 Å². The fourth-order valence-electron chi connectivity index (χ4n) is 4.38. The Morgan fingerprint density at radius 1 is 1.00 bits per heavy atom. The molecule has 1 amide bonds. The molecule has 2 aromatic rings. The van der Waals surface area contributed by atoms with Crippen molar-refractivity contribution in [2.75, 3.05) is 11.5 Å². The topological polar surface area (TPSA) is 41.9 Å². The molecule has 0 saturated carbocycles. The first-order chi connectivity index (χ1) is 13.2. The zero-order chi connectivity index (χ0) is 20.2. The van der Waals surface area contributed by atoms with E-state index in [4.69, 9.17) is 9.73 Å². The van der Waals surface area contributed by atoms with Crippen molar-refractivity contribution in [3.05, 3.63) is 58.7 Å². The van der Waals surface area contributed by atoms with Crippen LogP contribution in [0.25, 0.3) is 5.57 Å². The molecular weight excluding hydrogens is 348 g/mol. The molecule has 0 bridgehead atoms. The van der Waals surface area contributed by atoms with Crippen molar-refractivity contribution >= 4 is 28.6 Å². The summed E-state index contributed by atoms with van der Waals surface area (Å²) in [5, 5.41) is 0. The quantitative estimate of drug-likeness (QED) is 0.725. The number of amides is 1. The van der Waals surface area contributed by atoms with E-state index in [2.05, 4.69) is 32.9 Å². The molecule has 0 saturated heterocycles. The van der Waals surface area contributed by atoms with E-state index in [1.165, 1.54) is 0 Å². The van der Waals surface area contributed by atoms with Gasteiger partial charge in [0.05, 0.1) is 23.5 Å². The lowest BCUT2D eigenvalue weighted by molar-refractivity contribution is -0.112. The van der Waals surface area contributed by atoms with E-state index < -0.39 is 5.54 Å². The highest BCUT2D eigenvalue weighted by molar-refractivity contribution is 6.55. The minimum Gasteiger partial charge on any atom is -0.494 e. The van der Waals surface area contributed by atoms with Gasteiger partial charge in [0.15, 0.2) is 0 Å². The Kier molecular flexibility index (Phi) is 4.18. The second-order valence-electron chi connectivity index (χ2n) is 8.23. The van der Waals surface area contributed by atoms with Gasteiger partial charge in [-0.05, 0) is 82.5 Å². The molecule has 0 unspecified atom stereocenters. The minimum absolute atomic E-state index is 0.0576. The lowest BCUT2D eigenvalue weighted by Crippen LogP contribution is -2.47. The third kappa shape index (κ3) is 2.84. The summed E-state index contributed by atoms with van der Waals surface area (Å²) in [6.45, 7) is 12.9. The predicted molar refractivity (Wildman–Crippen MR) is 115 cm³/mol. The average Bonchev–Trinajstić information content (AvgIpc) is 2.85. The number of aliphatic imine (C=N–C) groups is 1. The molecule has 144 valence electrons. The smallest absolute Gasteiger partial charge is 0.278 e. The van der Waals surface area contributed by atoms with Gasteiger partial charge >= 0.3 is 0 Å². The van der Waals surface area contributed by atoms with Crippen molar-refractivity contribution in [2.24, 2.45) is 4.99 Å². The zero-order valence-corrected chi connectivity index (χ0v) is 17.4. The molecule has 0 spiro atoms. The maximum Gasteiger partial charge on any atom is 0.278 e. The first-order valence-corrected chi connectivity index (χ1v) is 9.74. The van der Waals surface area contributed by atoms with Crippen LogP contribution in [0.4, 0.5) is 11.4 Å². The molecule has 0 aromatic heterocycles. The van der Waals surface area contributed by atoms with Gasteiger partial charge in [-0.3, -0.25) is 9.69 Å². The number of carbonyl (C=O) groups excluding carboxylic acids is 1. The van der Waals surface area contributed by atoms with Crippen LogP contribution in [0.2, 0.25) is 0 Å². The van der Waals surface area contributed by atoms with E-state index in [-0.39, 0.29) is 5.91 Å². The Morgan fingerprint density at radius 2 is 1.64 bits per heavy atom. The lowest BCUT2D eigenvalue weighted by atomic mass is 9.89. The molecule has 2 aliphatic rings. The summed E-state index contributed by atoms with van der Waals surface area (Å²) >= 11 is 0. The second kappa shape index (κ2) is 6.33. The van der Waals surface area contributed by atoms with Crippen LogP contribution in [0, 0.1) is 13.8 Å². The van der Waals surface area contributed by atoms with Crippen LogP contribution in [0.15, 0.2) is 41.4 Å². The van der Waals surface area contributed by atoms with Crippen molar-refractivity contribution in [3.8, 4) is 5.75 Å². The average molecular weight is 374 g/mol. The van der Waals surface area contributed by atoms with E-state index in [9.17, 15) is 4.79 Å². The van der Waals surface area contributed by atoms with Crippen LogP contribution in [-0.2, 0) is 4.79 Å². The van der Waals surface area contributed by atoms with E-state index in [1.807, 2.05) is 49.9 Å². The van der Waals surface area contributed by atoms with Crippen molar-refractivity contribution < 1.29 is 9.53 Å². The van der Waals surface area contributed by atoms with Gasteiger partial charge in [0.25, 0.3) is 5.91 Å². The number of ether oxygens (including phenoxy) is 1. The molecular formula is C24H26N2O2. The summed E-state index contributed by atoms with van der Waals surface area (Å²) in [5.41, 5.74) is 7.14. The number of aryl methyl sites for hydroxylation is 2. The van der Waals surface area contributed by atoms with E-state index in [1.54, 1.807) is 0 Å². The predicted octanol–water partition coefficient (Wildman–Crippen LogP) is 5.37. The van der Waals surface area contributed by atoms with Crippen LogP contribution >= 0.6 is 0 Å². The fourth-order valence-corrected chi connectivity index (χ4v) is 4.38. The summed E-state index contributed by atoms with van der Waals surface area (Å²) in [4.78, 5) is 20.2. The van der Waals surface area contributed by atoms with Gasteiger partial charge in [0, 0.05) is 11.1 Å². The number of carbonyl (C=O) groups is 1. The van der Waals surface area contributed by atoms with Gasteiger partial charge in [-0.15, -0.1) is 0 Å². The number of rotatable bonds is 3. The largest absolute Gasteiger partial charge is 0.494 e. The van der Waals surface area contributed by atoms with E-state index in [0.717, 1.165) is 45.0 Å². The molecule has 2 heterocycles. The first-order valence-electron chi connectivity index (χ1n) is 9.74. The van der Waals surface area contributed by atoms with E-state index >= 15 is 0 Å². The van der Waals surface area contributed by atoms with Gasteiger partial charge in [0.1, 0.15) is 11.5 Å². The van der Waals surface area contributed by atoms with Gasteiger partial charge in [-0.1, -0.05) is 12.1 Å². The van der Waals surface area contributed by atoms with Gasteiger partial charge in [-0.2, -0.15) is 0 Å². The number of benzene rings is 2. The van der Waals surface area contributed by atoms with Crippen molar-refractivity contribution in [1.82, 2.24) is 0 Å². The molecule has 2 aromatic carbocycles. The molecule has 0 atom stereocenters. The monoisotopic (exact) mass is 374 g/mol. The zero-order valence-electron chi connectivity index (χ0n) is 17.4. The van der Waals surface area contributed by atoms with Gasteiger partial charge in [0.2, 0.25) is 0 Å². The van der Waals surface area contributed by atoms with Crippen molar-refractivity contribution in [1.29, 1.82) is 0 Å². The summed E-state index contributed by atoms with van der Waals surface area (Å²) in [6, 6.07) is 10.1. The molecule has 4 heteroatoms. The summed E-state index contributed by atoms with van der Waals surface area (Å²) in [7, 11) is 0. The number of allylic oxidation sites excluding steroid dienone is 1. The lowest BCUT2D eigenvalue weighted by Gasteiger charge is -2.38. The van der Waals surface area contributed by atoms with Crippen LogP contribution in [0.1, 0.15) is 49.9 Å². The molecule has 0 radical (unpaired) electrons. The third-order valence-electron chi connectivity index (χ3n) is 5.30. The van der Waals surface area contributed by atoms with Crippen molar-refractivity contribution in [3.63, 3.8) is 0 Å². The molecule has 0 N–H and O–H groups in total. The van der Waals surface area contributed by atoms with Crippen LogP contribution in [0.5, 0.6) is 5.75 Å².